The van der Waals surface area contributed by atoms with Crippen molar-refractivity contribution in [1.29, 1.82) is 0 Å². The molecule has 0 spiro atoms. The van der Waals surface area contributed by atoms with Gasteiger partial charge in [-0.15, -0.1) is 0 Å². The number of hydrogen-bond donors (Lipinski definition) is 0. The average molecular weight is 1210 g/mol. The molecule has 0 aromatic heterocycles. The van der Waals surface area contributed by atoms with Crippen molar-refractivity contribution in [2.45, 2.75) is 347 Å². The number of allylic oxidation sites excluding steroid dienone is 12. The minimum absolute atomic E-state index is 0.0381. The van der Waals surface area contributed by atoms with Crippen molar-refractivity contribution < 1.29 is 42.1 Å². The fraction of sp³-hybridized carbons (Fsp3) is 0.813. The second-order valence-electron chi connectivity index (χ2n) is 25.6. The number of quaternary nitrogens is 1. The zero-order valence-electron chi connectivity index (χ0n) is 56.6. The number of esters is 2. The molecule has 85 heavy (non-hydrogen) atoms. The Morgan fingerprint density at radius 1 is 0.376 bits per heavy atom. The van der Waals surface area contributed by atoms with Crippen molar-refractivity contribution in [3.05, 3.63) is 72.9 Å². The van der Waals surface area contributed by atoms with Crippen LogP contribution < -0.4 is 4.89 Å². The molecule has 0 aromatic rings. The summed E-state index contributed by atoms with van der Waals surface area (Å²) in [5, 5.41) is 0. The van der Waals surface area contributed by atoms with E-state index >= 15 is 0 Å². The Balaban J connectivity index is 3.96. The number of phosphoric acid groups is 1. The van der Waals surface area contributed by atoms with Crippen LogP contribution in [0.15, 0.2) is 72.9 Å². The number of hydrogen-bond acceptors (Lipinski definition) is 8. The van der Waals surface area contributed by atoms with Crippen molar-refractivity contribution in [1.82, 2.24) is 0 Å². The monoisotopic (exact) mass is 1210 g/mol. The molecule has 0 rings (SSSR count). The first-order valence-corrected chi connectivity index (χ1v) is 37.6. The largest absolute Gasteiger partial charge is 0.756 e. The van der Waals surface area contributed by atoms with Gasteiger partial charge in [-0.1, -0.05) is 337 Å². The van der Waals surface area contributed by atoms with E-state index in [-0.39, 0.29) is 32.0 Å². The summed E-state index contributed by atoms with van der Waals surface area (Å²) in [5.41, 5.74) is 0. The molecule has 0 bridgehead atoms. The Morgan fingerprint density at radius 2 is 0.671 bits per heavy atom. The normalized spacial score (nSPS) is 13.5. The van der Waals surface area contributed by atoms with Crippen molar-refractivity contribution in [3.63, 3.8) is 0 Å². The zero-order valence-corrected chi connectivity index (χ0v) is 57.5. The lowest BCUT2D eigenvalue weighted by Gasteiger charge is -2.28. The highest BCUT2D eigenvalue weighted by molar-refractivity contribution is 7.45. The Kier molecular flexibility index (Phi) is 63.9. The zero-order chi connectivity index (χ0) is 61.9. The number of likely N-dealkylation sites (N-methyl/N-ethyl adjacent to an activating group) is 1. The van der Waals surface area contributed by atoms with E-state index in [2.05, 4.69) is 86.8 Å². The summed E-state index contributed by atoms with van der Waals surface area (Å²) in [6.45, 7) is 4.14. The van der Waals surface area contributed by atoms with Crippen molar-refractivity contribution in [2.24, 2.45) is 0 Å². The maximum absolute atomic E-state index is 12.8. The topological polar surface area (TPSA) is 111 Å². The lowest BCUT2D eigenvalue weighted by Crippen LogP contribution is -2.37. The van der Waals surface area contributed by atoms with Crippen LogP contribution in [-0.4, -0.2) is 70.0 Å². The molecule has 0 saturated carbocycles. The van der Waals surface area contributed by atoms with Gasteiger partial charge in [0.05, 0.1) is 27.7 Å². The Morgan fingerprint density at radius 3 is 1.00 bits per heavy atom. The van der Waals surface area contributed by atoms with Gasteiger partial charge in [0.15, 0.2) is 6.10 Å². The molecule has 0 saturated heterocycles. The van der Waals surface area contributed by atoms with Crippen LogP contribution in [-0.2, 0) is 32.7 Å². The molecule has 0 aliphatic rings. The van der Waals surface area contributed by atoms with E-state index in [0.29, 0.717) is 17.4 Å². The van der Waals surface area contributed by atoms with Crippen LogP contribution in [0.5, 0.6) is 0 Å². The lowest BCUT2D eigenvalue weighted by molar-refractivity contribution is -0.870. The number of rotatable bonds is 67. The third-order valence-corrected chi connectivity index (χ3v) is 17.0. The van der Waals surface area contributed by atoms with Crippen LogP contribution in [0.3, 0.4) is 0 Å². The van der Waals surface area contributed by atoms with Gasteiger partial charge in [0, 0.05) is 12.8 Å². The van der Waals surface area contributed by atoms with Gasteiger partial charge in [-0.2, -0.15) is 0 Å². The molecule has 0 amide bonds. The second-order valence-corrected chi connectivity index (χ2v) is 27.0. The molecule has 0 radical (unpaired) electrons. The summed E-state index contributed by atoms with van der Waals surface area (Å²) in [6.07, 6.45) is 88.7. The maximum atomic E-state index is 12.8. The van der Waals surface area contributed by atoms with Gasteiger partial charge >= 0.3 is 11.9 Å². The number of ether oxygens (including phenoxy) is 2. The average Bonchev–Trinajstić information content (AvgIpc) is 3.50. The third-order valence-electron chi connectivity index (χ3n) is 16.0. The van der Waals surface area contributed by atoms with Crippen molar-refractivity contribution >= 4 is 19.8 Å². The fourth-order valence-electron chi connectivity index (χ4n) is 10.5. The van der Waals surface area contributed by atoms with Crippen LogP contribution in [0.4, 0.5) is 0 Å². The summed E-state index contributed by atoms with van der Waals surface area (Å²) in [4.78, 5) is 38.0. The van der Waals surface area contributed by atoms with Crippen molar-refractivity contribution in [3.8, 4) is 0 Å². The van der Waals surface area contributed by atoms with Gasteiger partial charge < -0.3 is 27.9 Å². The van der Waals surface area contributed by atoms with Crippen LogP contribution >= 0.6 is 7.82 Å². The lowest BCUT2D eigenvalue weighted by atomic mass is 10.0. The van der Waals surface area contributed by atoms with Gasteiger partial charge in [-0.3, -0.25) is 14.2 Å². The molecule has 0 aliphatic carbocycles. The minimum Gasteiger partial charge on any atom is -0.756 e. The summed E-state index contributed by atoms with van der Waals surface area (Å²) in [5.74, 6) is -0.853. The maximum Gasteiger partial charge on any atom is 0.306 e. The molecule has 10 heteroatoms. The molecule has 496 valence electrons. The highest BCUT2D eigenvalue weighted by atomic mass is 31.2. The van der Waals surface area contributed by atoms with E-state index in [1.54, 1.807) is 0 Å². The second kappa shape index (κ2) is 65.9. The fourth-order valence-corrected chi connectivity index (χ4v) is 11.2. The van der Waals surface area contributed by atoms with E-state index in [1.807, 2.05) is 21.1 Å². The predicted octanol–water partition coefficient (Wildman–Crippen LogP) is 22.9. The molecule has 2 unspecified atom stereocenters. The quantitative estimate of drug-likeness (QED) is 0.0195. The molecular weight excluding hydrogens is 1070 g/mol. The summed E-state index contributed by atoms with van der Waals surface area (Å²) < 4.78 is 34.3. The first-order valence-electron chi connectivity index (χ1n) is 36.1. The third kappa shape index (κ3) is 70.4. The van der Waals surface area contributed by atoms with E-state index in [0.717, 1.165) is 83.5 Å². The molecule has 9 nitrogen and oxygen atoms in total. The molecule has 0 heterocycles. The number of carbonyl (C=O) groups excluding carboxylic acids is 2. The highest BCUT2D eigenvalue weighted by Gasteiger charge is 2.22. The van der Waals surface area contributed by atoms with E-state index < -0.39 is 26.5 Å². The Hall–Kier alpha value is -2.55. The van der Waals surface area contributed by atoms with Gasteiger partial charge in [0.2, 0.25) is 0 Å². The predicted molar refractivity (Wildman–Crippen MR) is 365 cm³/mol. The molecule has 0 aliphatic heterocycles. The van der Waals surface area contributed by atoms with E-state index in [4.69, 9.17) is 18.5 Å². The van der Waals surface area contributed by atoms with Crippen LogP contribution in [0.2, 0.25) is 0 Å². The molecule has 0 N–H and O–H groups in total. The van der Waals surface area contributed by atoms with Crippen LogP contribution in [0, 0.1) is 0 Å². The van der Waals surface area contributed by atoms with Gasteiger partial charge in [-0.25, -0.2) is 0 Å². The smallest absolute Gasteiger partial charge is 0.306 e. The van der Waals surface area contributed by atoms with Gasteiger partial charge in [-0.05, 0) is 64.2 Å². The molecule has 0 fully saturated rings. The number of nitrogens with zero attached hydrogens (tertiary/aromatic N) is 1. The molecule has 2 atom stereocenters. The summed E-state index contributed by atoms with van der Waals surface area (Å²) >= 11 is 0. The first-order chi connectivity index (χ1) is 41.5. The number of unbranched alkanes of at least 4 members (excludes halogenated alkanes) is 41. The van der Waals surface area contributed by atoms with Crippen LogP contribution in [0.1, 0.15) is 341 Å². The number of phosphoric ester groups is 1. The Bertz CT molecular complexity index is 1660. The molecular formula is C75H138NO8P. The summed E-state index contributed by atoms with van der Waals surface area (Å²) in [7, 11) is 1.15. The number of carbonyl (C=O) groups is 2. The summed E-state index contributed by atoms with van der Waals surface area (Å²) in [6, 6.07) is 0. The highest BCUT2D eigenvalue weighted by Crippen LogP contribution is 2.38. The van der Waals surface area contributed by atoms with Gasteiger partial charge in [0.1, 0.15) is 19.8 Å². The van der Waals surface area contributed by atoms with Crippen molar-refractivity contribution in [2.75, 3.05) is 47.5 Å². The Labute approximate surface area is 527 Å². The van der Waals surface area contributed by atoms with E-state index in [9.17, 15) is 19.0 Å². The first kappa shape index (κ1) is 82.5. The SMILES string of the molecule is CC/C=C\C/C=C\C/C=C\C/C=C\C/C=C\C/C=C\CCCCCCC(=O)OC(COC(=O)CCCCCCCCCCCCCCCCCCCCCCCCCCCCCCCCCCCCCCCC)COP(=O)([O-])OCC[N+](C)(C)C. The van der Waals surface area contributed by atoms with Gasteiger partial charge in [0.25, 0.3) is 7.82 Å². The minimum atomic E-state index is -4.65. The van der Waals surface area contributed by atoms with E-state index in [1.165, 1.54) is 225 Å². The standard InChI is InChI=1S/C75H138NO8P/c1-6-8-10-12-14-16-18-20-22-24-26-28-30-31-32-33-34-35-36-37-38-39-40-41-42-43-44-46-47-49-51-53-55-57-59-61-63-65-67-74(77)81-71-73(72-83-85(79,80)82-70-69-76(3,4)5)84-75(78)68-66-64-62-60-58-56-54-52-50-48-45-29-27-25-23-21-19-17-15-13-11-9-7-2/h9,11,15,17,21,23,27,29,48,50,54,56,73H,6-8,10,12-14,16,18-20,22,24-26,28,30-47,49,51-53,55,57-72H2,1-5H3/b11-9-,17-15-,23-21-,29-27-,50-48-,56-54-. The van der Waals surface area contributed by atoms with Crippen LogP contribution in [0.25, 0.3) is 0 Å². The molecule has 0 aromatic carbocycles.